The van der Waals surface area contributed by atoms with E-state index in [0.717, 1.165) is 33.9 Å². The summed E-state index contributed by atoms with van der Waals surface area (Å²) in [5, 5.41) is 3.63. The molecule has 0 aliphatic carbocycles. The van der Waals surface area contributed by atoms with Crippen LogP contribution in [-0.2, 0) is 0 Å². The molecule has 0 unspecified atom stereocenters. The minimum atomic E-state index is -0.311. The lowest BCUT2D eigenvalue weighted by atomic mass is 10.1. The Morgan fingerprint density at radius 1 is 0.871 bits per heavy atom. The maximum Gasteiger partial charge on any atom is 0.257 e. The standard InChI is InChI=1S/C26H22ClFN2O/c1-16-4-11-22(14-17(16)2)29-26(31)24-15-25(19-5-7-20(27)8-6-19)30(18(24)3)23-12-9-21(28)10-13-23/h4-15H,1-3H3,(H,29,31). The van der Waals surface area contributed by atoms with Gasteiger partial charge in [0.15, 0.2) is 0 Å². The van der Waals surface area contributed by atoms with Crippen LogP contribution in [0, 0.1) is 26.6 Å². The molecule has 0 saturated carbocycles. The molecule has 5 heteroatoms. The Kier molecular flexibility index (Phi) is 5.66. The summed E-state index contributed by atoms with van der Waals surface area (Å²) in [4.78, 5) is 13.2. The zero-order valence-electron chi connectivity index (χ0n) is 17.5. The van der Waals surface area contributed by atoms with Crippen molar-refractivity contribution in [2.24, 2.45) is 0 Å². The van der Waals surface area contributed by atoms with Gasteiger partial charge in [-0.05, 0) is 92.1 Å². The monoisotopic (exact) mass is 432 g/mol. The van der Waals surface area contributed by atoms with Crippen molar-refractivity contribution < 1.29 is 9.18 Å². The molecule has 0 atom stereocenters. The Morgan fingerprint density at radius 2 is 1.55 bits per heavy atom. The first-order chi connectivity index (χ1) is 14.8. The highest BCUT2D eigenvalue weighted by Gasteiger charge is 2.20. The molecule has 1 N–H and O–H groups in total. The van der Waals surface area contributed by atoms with E-state index in [-0.39, 0.29) is 11.7 Å². The van der Waals surface area contributed by atoms with Gasteiger partial charge < -0.3 is 9.88 Å². The predicted molar refractivity (Wildman–Crippen MR) is 125 cm³/mol. The van der Waals surface area contributed by atoms with Crippen LogP contribution in [0.3, 0.4) is 0 Å². The lowest BCUT2D eigenvalue weighted by molar-refractivity contribution is 0.102. The Bertz CT molecular complexity index is 1260. The third-order valence-corrected chi connectivity index (χ3v) is 5.73. The van der Waals surface area contributed by atoms with Crippen LogP contribution in [0.15, 0.2) is 72.8 Å². The molecule has 3 nitrogen and oxygen atoms in total. The minimum Gasteiger partial charge on any atom is -0.322 e. The summed E-state index contributed by atoms with van der Waals surface area (Å²) in [6, 6.07) is 21.4. The summed E-state index contributed by atoms with van der Waals surface area (Å²) in [6.45, 7) is 5.93. The van der Waals surface area contributed by atoms with Gasteiger partial charge in [0, 0.05) is 22.1 Å². The molecule has 3 aromatic carbocycles. The number of aromatic nitrogens is 1. The van der Waals surface area contributed by atoms with Gasteiger partial charge in [-0.3, -0.25) is 4.79 Å². The van der Waals surface area contributed by atoms with Crippen molar-refractivity contribution in [1.29, 1.82) is 0 Å². The van der Waals surface area contributed by atoms with Crippen molar-refractivity contribution in [3.8, 4) is 16.9 Å². The van der Waals surface area contributed by atoms with Gasteiger partial charge in [0.25, 0.3) is 5.91 Å². The molecule has 0 bridgehead atoms. The number of nitrogens with zero attached hydrogens (tertiary/aromatic N) is 1. The molecule has 0 aliphatic rings. The van der Waals surface area contributed by atoms with Gasteiger partial charge in [-0.2, -0.15) is 0 Å². The maximum atomic E-state index is 13.5. The summed E-state index contributed by atoms with van der Waals surface area (Å²) in [6.07, 6.45) is 0. The fourth-order valence-corrected chi connectivity index (χ4v) is 3.74. The van der Waals surface area contributed by atoms with Crippen molar-refractivity contribution in [3.05, 3.63) is 106 Å². The Hall–Kier alpha value is -3.37. The van der Waals surface area contributed by atoms with Crippen molar-refractivity contribution in [1.82, 2.24) is 4.57 Å². The van der Waals surface area contributed by atoms with Crippen molar-refractivity contribution in [2.45, 2.75) is 20.8 Å². The highest BCUT2D eigenvalue weighted by atomic mass is 35.5. The summed E-state index contributed by atoms with van der Waals surface area (Å²) in [7, 11) is 0. The molecule has 0 aliphatic heterocycles. The fourth-order valence-electron chi connectivity index (χ4n) is 3.61. The quantitative estimate of drug-likeness (QED) is 0.366. The number of carbonyl (C=O) groups excluding carboxylic acids is 1. The average Bonchev–Trinajstić information content (AvgIpc) is 3.09. The first-order valence-corrected chi connectivity index (χ1v) is 10.3. The first kappa shape index (κ1) is 20.9. The molecule has 31 heavy (non-hydrogen) atoms. The third kappa shape index (κ3) is 4.25. The topological polar surface area (TPSA) is 34.0 Å². The van der Waals surface area contributed by atoms with Gasteiger partial charge in [0.2, 0.25) is 0 Å². The van der Waals surface area contributed by atoms with E-state index >= 15 is 0 Å². The van der Waals surface area contributed by atoms with E-state index in [1.165, 1.54) is 17.7 Å². The van der Waals surface area contributed by atoms with E-state index in [0.29, 0.717) is 10.6 Å². The number of hydrogen-bond acceptors (Lipinski definition) is 1. The number of benzene rings is 3. The molecule has 1 aromatic heterocycles. The number of aryl methyl sites for hydroxylation is 2. The average molecular weight is 433 g/mol. The van der Waals surface area contributed by atoms with Crippen LogP contribution < -0.4 is 5.32 Å². The second kappa shape index (κ2) is 8.40. The number of amides is 1. The van der Waals surface area contributed by atoms with Crippen LogP contribution in [0.2, 0.25) is 5.02 Å². The van der Waals surface area contributed by atoms with E-state index in [9.17, 15) is 9.18 Å². The Morgan fingerprint density at radius 3 is 2.19 bits per heavy atom. The van der Waals surface area contributed by atoms with E-state index in [4.69, 9.17) is 11.6 Å². The zero-order chi connectivity index (χ0) is 22.1. The van der Waals surface area contributed by atoms with Crippen molar-refractivity contribution >= 4 is 23.2 Å². The highest BCUT2D eigenvalue weighted by Crippen LogP contribution is 2.31. The molecule has 156 valence electrons. The zero-order valence-corrected chi connectivity index (χ0v) is 18.3. The van der Waals surface area contributed by atoms with Crippen LogP contribution in [0.1, 0.15) is 27.2 Å². The van der Waals surface area contributed by atoms with Crippen molar-refractivity contribution in [2.75, 3.05) is 5.32 Å². The Balaban J connectivity index is 1.80. The molecule has 4 aromatic rings. The smallest absolute Gasteiger partial charge is 0.257 e. The number of halogens is 2. The van der Waals surface area contributed by atoms with Gasteiger partial charge in [-0.15, -0.1) is 0 Å². The molecule has 4 rings (SSSR count). The lowest BCUT2D eigenvalue weighted by Crippen LogP contribution is -2.13. The van der Waals surface area contributed by atoms with Gasteiger partial charge in [0.05, 0.1) is 11.3 Å². The summed E-state index contributed by atoms with van der Waals surface area (Å²) in [5.41, 5.74) is 6.84. The van der Waals surface area contributed by atoms with Crippen LogP contribution >= 0.6 is 11.6 Å². The van der Waals surface area contributed by atoms with Crippen LogP contribution in [0.4, 0.5) is 10.1 Å². The predicted octanol–water partition coefficient (Wildman–Crippen LogP) is 7.11. The largest absolute Gasteiger partial charge is 0.322 e. The SMILES string of the molecule is Cc1ccc(NC(=O)c2cc(-c3ccc(Cl)cc3)n(-c3ccc(F)cc3)c2C)cc1C. The van der Waals surface area contributed by atoms with Crippen LogP contribution in [-0.4, -0.2) is 10.5 Å². The molecule has 0 spiro atoms. The second-order valence-corrected chi connectivity index (χ2v) is 8.04. The number of anilines is 1. The lowest BCUT2D eigenvalue weighted by Gasteiger charge is -2.13. The van der Waals surface area contributed by atoms with E-state index in [1.54, 1.807) is 12.1 Å². The van der Waals surface area contributed by atoms with Crippen LogP contribution in [0.5, 0.6) is 0 Å². The minimum absolute atomic E-state index is 0.197. The molecule has 0 fully saturated rings. The molecular weight excluding hydrogens is 411 g/mol. The third-order valence-electron chi connectivity index (χ3n) is 5.48. The summed E-state index contributed by atoms with van der Waals surface area (Å²) in [5.74, 6) is -0.508. The van der Waals surface area contributed by atoms with Gasteiger partial charge in [0.1, 0.15) is 5.82 Å². The number of nitrogens with one attached hydrogen (secondary N) is 1. The molecule has 0 saturated heterocycles. The number of carbonyl (C=O) groups is 1. The van der Waals surface area contributed by atoms with Gasteiger partial charge in [-0.1, -0.05) is 29.8 Å². The second-order valence-electron chi connectivity index (χ2n) is 7.60. The summed E-state index contributed by atoms with van der Waals surface area (Å²) >= 11 is 6.06. The first-order valence-electron chi connectivity index (χ1n) is 9.96. The molecule has 1 heterocycles. The van der Waals surface area contributed by atoms with Crippen LogP contribution in [0.25, 0.3) is 16.9 Å². The molecule has 0 radical (unpaired) electrons. The molecular formula is C26H22ClFN2O. The van der Waals surface area contributed by atoms with Crippen molar-refractivity contribution in [3.63, 3.8) is 0 Å². The molecule has 1 amide bonds. The fraction of sp³-hybridized carbons (Fsp3) is 0.115. The van der Waals surface area contributed by atoms with E-state index in [1.807, 2.05) is 73.9 Å². The van der Waals surface area contributed by atoms with E-state index in [2.05, 4.69) is 5.32 Å². The van der Waals surface area contributed by atoms with E-state index < -0.39 is 0 Å². The number of rotatable bonds is 4. The normalized spacial score (nSPS) is 10.9. The van der Waals surface area contributed by atoms with Gasteiger partial charge in [-0.25, -0.2) is 4.39 Å². The highest BCUT2D eigenvalue weighted by molar-refractivity contribution is 6.30. The maximum absolute atomic E-state index is 13.5. The Labute approximate surface area is 186 Å². The number of hydrogen-bond donors (Lipinski definition) is 1. The summed E-state index contributed by atoms with van der Waals surface area (Å²) < 4.78 is 15.5. The van der Waals surface area contributed by atoms with Gasteiger partial charge >= 0.3 is 0 Å².